The lowest BCUT2D eigenvalue weighted by Gasteiger charge is -2.25. The SMILES string of the molecule is CCN(c1cccc(F)c1)c1ccc(C(=O)NC)cc1N. The van der Waals surface area contributed by atoms with Crippen LogP contribution in [0.1, 0.15) is 17.3 Å². The largest absolute Gasteiger partial charge is 0.397 e. The molecule has 0 saturated carbocycles. The standard InChI is InChI=1S/C16H18FN3O/c1-3-20(13-6-4-5-12(17)10-13)15-8-7-11(9-14(15)18)16(21)19-2/h4-10H,3,18H2,1-2H3,(H,19,21). The van der Waals surface area contributed by atoms with Crippen LogP contribution in [0, 0.1) is 5.82 Å². The van der Waals surface area contributed by atoms with Crippen molar-refractivity contribution in [2.45, 2.75) is 6.92 Å². The highest BCUT2D eigenvalue weighted by molar-refractivity contribution is 5.96. The maximum absolute atomic E-state index is 13.4. The molecule has 3 N–H and O–H groups in total. The Balaban J connectivity index is 2.41. The second-order valence-corrected chi connectivity index (χ2v) is 4.58. The van der Waals surface area contributed by atoms with Crippen LogP contribution < -0.4 is 16.0 Å². The summed E-state index contributed by atoms with van der Waals surface area (Å²) in [7, 11) is 1.57. The van der Waals surface area contributed by atoms with Gasteiger partial charge in [0.05, 0.1) is 11.4 Å². The molecule has 0 fully saturated rings. The first-order valence-electron chi connectivity index (χ1n) is 6.71. The second kappa shape index (κ2) is 6.26. The molecule has 0 aliphatic carbocycles. The van der Waals surface area contributed by atoms with Gasteiger partial charge >= 0.3 is 0 Å². The number of nitrogens with two attached hydrogens (primary N) is 1. The first-order valence-corrected chi connectivity index (χ1v) is 6.71. The maximum Gasteiger partial charge on any atom is 0.251 e. The van der Waals surface area contributed by atoms with Gasteiger partial charge in [0.1, 0.15) is 5.82 Å². The lowest BCUT2D eigenvalue weighted by atomic mass is 10.1. The minimum Gasteiger partial charge on any atom is -0.397 e. The number of rotatable bonds is 4. The molecule has 0 heterocycles. The van der Waals surface area contributed by atoms with E-state index in [1.54, 1.807) is 31.3 Å². The van der Waals surface area contributed by atoms with E-state index in [4.69, 9.17) is 5.73 Å². The summed E-state index contributed by atoms with van der Waals surface area (Å²) < 4.78 is 13.4. The quantitative estimate of drug-likeness (QED) is 0.850. The van der Waals surface area contributed by atoms with Crippen LogP contribution >= 0.6 is 0 Å². The molecule has 0 bridgehead atoms. The molecule has 2 aromatic rings. The number of amides is 1. The third kappa shape index (κ3) is 3.13. The summed E-state index contributed by atoms with van der Waals surface area (Å²) in [5, 5.41) is 2.55. The number of hydrogen-bond donors (Lipinski definition) is 2. The molecule has 0 aliphatic heterocycles. The van der Waals surface area contributed by atoms with E-state index in [1.165, 1.54) is 12.1 Å². The normalized spacial score (nSPS) is 10.2. The van der Waals surface area contributed by atoms with E-state index in [0.717, 1.165) is 11.4 Å². The van der Waals surface area contributed by atoms with E-state index >= 15 is 0 Å². The van der Waals surface area contributed by atoms with E-state index in [9.17, 15) is 9.18 Å². The molecule has 0 spiro atoms. The average molecular weight is 287 g/mol. The Hall–Kier alpha value is -2.56. The molecule has 0 atom stereocenters. The van der Waals surface area contributed by atoms with Gasteiger partial charge in [0.2, 0.25) is 0 Å². The van der Waals surface area contributed by atoms with E-state index in [1.807, 2.05) is 17.9 Å². The zero-order chi connectivity index (χ0) is 15.4. The number of benzene rings is 2. The number of carbonyl (C=O) groups excluding carboxylic acids is 1. The Morgan fingerprint density at radius 1 is 1.29 bits per heavy atom. The summed E-state index contributed by atoms with van der Waals surface area (Å²) in [5.74, 6) is -0.492. The predicted molar refractivity (Wildman–Crippen MR) is 83.3 cm³/mol. The number of halogens is 1. The van der Waals surface area contributed by atoms with E-state index in [2.05, 4.69) is 5.32 Å². The van der Waals surface area contributed by atoms with Crippen molar-refractivity contribution in [3.05, 3.63) is 53.8 Å². The van der Waals surface area contributed by atoms with Gasteiger partial charge < -0.3 is 16.0 Å². The molecule has 0 unspecified atom stereocenters. The minimum atomic E-state index is -0.300. The zero-order valence-corrected chi connectivity index (χ0v) is 12.1. The van der Waals surface area contributed by atoms with Crippen LogP contribution in [0.15, 0.2) is 42.5 Å². The lowest BCUT2D eigenvalue weighted by molar-refractivity contribution is 0.0963. The Kier molecular flexibility index (Phi) is 4.42. The van der Waals surface area contributed by atoms with Crippen molar-refractivity contribution in [2.75, 3.05) is 24.2 Å². The van der Waals surface area contributed by atoms with Gasteiger partial charge in [-0.25, -0.2) is 4.39 Å². The maximum atomic E-state index is 13.4. The molecule has 4 nitrogen and oxygen atoms in total. The molecule has 2 aromatic carbocycles. The van der Waals surface area contributed by atoms with Gasteiger partial charge in [0.25, 0.3) is 5.91 Å². The van der Waals surface area contributed by atoms with E-state index in [0.29, 0.717) is 17.8 Å². The number of nitrogens with zero attached hydrogens (tertiary/aromatic N) is 1. The molecule has 0 saturated heterocycles. The highest BCUT2D eigenvalue weighted by Crippen LogP contribution is 2.31. The Labute approximate surface area is 123 Å². The van der Waals surface area contributed by atoms with Crippen LogP contribution in [0.3, 0.4) is 0 Å². The van der Waals surface area contributed by atoms with Crippen LogP contribution in [0.4, 0.5) is 21.5 Å². The van der Waals surface area contributed by atoms with Gasteiger partial charge in [-0.2, -0.15) is 0 Å². The van der Waals surface area contributed by atoms with Gasteiger partial charge in [-0.3, -0.25) is 4.79 Å². The molecule has 2 rings (SSSR count). The lowest BCUT2D eigenvalue weighted by Crippen LogP contribution is -2.20. The van der Waals surface area contributed by atoms with E-state index in [-0.39, 0.29) is 11.7 Å². The van der Waals surface area contributed by atoms with E-state index < -0.39 is 0 Å². The molecule has 110 valence electrons. The fraction of sp³-hybridized carbons (Fsp3) is 0.188. The zero-order valence-electron chi connectivity index (χ0n) is 12.1. The third-order valence-electron chi connectivity index (χ3n) is 3.24. The van der Waals surface area contributed by atoms with Crippen molar-refractivity contribution in [3.63, 3.8) is 0 Å². The fourth-order valence-corrected chi connectivity index (χ4v) is 2.22. The topological polar surface area (TPSA) is 58.4 Å². The first-order chi connectivity index (χ1) is 10.1. The van der Waals surface area contributed by atoms with Gasteiger partial charge in [-0.15, -0.1) is 0 Å². The molecule has 1 amide bonds. The molecule has 21 heavy (non-hydrogen) atoms. The van der Waals surface area contributed by atoms with Crippen molar-refractivity contribution in [1.29, 1.82) is 0 Å². The highest BCUT2D eigenvalue weighted by atomic mass is 19.1. The van der Waals surface area contributed by atoms with Gasteiger partial charge in [0, 0.05) is 24.8 Å². The number of hydrogen-bond acceptors (Lipinski definition) is 3. The summed E-state index contributed by atoms with van der Waals surface area (Å²) in [5.41, 5.74) is 8.48. The van der Waals surface area contributed by atoms with Crippen LogP contribution in [-0.2, 0) is 0 Å². The van der Waals surface area contributed by atoms with Gasteiger partial charge in [0.15, 0.2) is 0 Å². The van der Waals surface area contributed by atoms with Crippen molar-refractivity contribution >= 4 is 23.0 Å². The molecular formula is C16H18FN3O. The van der Waals surface area contributed by atoms with Crippen LogP contribution in [0.2, 0.25) is 0 Å². The number of nitrogen functional groups attached to an aromatic ring is 1. The summed E-state index contributed by atoms with van der Waals surface area (Å²) in [6.07, 6.45) is 0. The smallest absolute Gasteiger partial charge is 0.251 e. The average Bonchev–Trinajstić information content (AvgIpc) is 2.49. The number of nitrogens with one attached hydrogen (secondary N) is 1. The van der Waals surface area contributed by atoms with Crippen LogP contribution in [-0.4, -0.2) is 19.5 Å². The second-order valence-electron chi connectivity index (χ2n) is 4.58. The molecule has 0 aliphatic rings. The molecule has 0 radical (unpaired) electrons. The Morgan fingerprint density at radius 2 is 2.05 bits per heavy atom. The predicted octanol–water partition coefficient (Wildman–Crippen LogP) is 2.93. The van der Waals surface area contributed by atoms with Crippen molar-refractivity contribution in [3.8, 4) is 0 Å². The third-order valence-corrected chi connectivity index (χ3v) is 3.24. The molecule has 5 heteroatoms. The minimum absolute atomic E-state index is 0.193. The van der Waals surface area contributed by atoms with Gasteiger partial charge in [-0.05, 0) is 43.3 Å². The molecular weight excluding hydrogens is 269 g/mol. The monoisotopic (exact) mass is 287 g/mol. The Morgan fingerprint density at radius 3 is 2.62 bits per heavy atom. The van der Waals surface area contributed by atoms with Crippen molar-refractivity contribution in [2.24, 2.45) is 0 Å². The number of carbonyl (C=O) groups is 1. The molecule has 0 aromatic heterocycles. The highest BCUT2D eigenvalue weighted by Gasteiger charge is 2.13. The Bertz CT molecular complexity index is 658. The van der Waals surface area contributed by atoms with Crippen LogP contribution in [0.25, 0.3) is 0 Å². The number of anilines is 3. The van der Waals surface area contributed by atoms with Crippen molar-refractivity contribution < 1.29 is 9.18 Å². The summed E-state index contributed by atoms with van der Waals surface area (Å²) in [4.78, 5) is 13.5. The van der Waals surface area contributed by atoms with Gasteiger partial charge in [-0.1, -0.05) is 6.07 Å². The van der Waals surface area contributed by atoms with Crippen LogP contribution in [0.5, 0.6) is 0 Å². The summed E-state index contributed by atoms with van der Waals surface area (Å²) in [6.45, 7) is 2.59. The summed E-state index contributed by atoms with van der Waals surface area (Å²) >= 11 is 0. The first kappa shape index (κ1) is 14.8. The van der Waals surface area contributed by atoms with Crippen molar-refractivity contribution in [1.82, 2.24) is 5.32 Å². The summed E-state index contributed by atoms with van der Waals surface area (Å²) in [6, 6.07) is 11.4. The fourth-order valence-electron chi connectivity index (χ4n) is 2.22.